The van der Waals surface area contributed by atoms with Crippen LogP contribution in [0.25, 0.3) is 86.2 Å². The Morgan fingerprint density at radius 3 is 1.44 bits per heavy atom. The molecule has 72 heavy (non-hydrogen) atoms. The zero-order chi connectivity index (χ0) is 47.3. The number of benzene rings is 12. The van der Waals surface area contributed by atoms with Gasteiger partial charge in [0.25, 0.3) is 0 Å². The first-order chi connectivity index (χ1) is 35.7. The van der Waals surface area contributed by atoms with Crippen LogP contribution in [-0.2, 0) is 5.41 Å². The molecule has 1 aliphatic heterocycles. The van der Waals surface area contributed by atoms with Crippen molar-refractivity contribution >= 4 is 70.1 Å². The van der Waals surface area contributed by atoms with E-state index in [1.807, 2.05) is 11.3 Å². The first-order valence-corrected chi connectivity index (χ1v) is 25.5. The molecule has 0 radical (unpaired) electrons. The summed E-state index contributed by atoms with van der Waals surface area (Å²) in [6.45, 7) is 0. The maximum atomic E-state index is 7.23. The Morgan fingerprint density at radius 2 is 0.778 bits per heavy atom. The Morgan fingerprint density at radius 1 is 0.306 bits per heavy atom. The van der Waals surface area contributed by atoms with Crippen LogP contribution in [0.4, 0.5) is 17.1 Å². The molecule has 1 spiro atoms. The van der Waals surface area contributed by atoms with E-state index in [4.69, 9.17) is 4.74 Å². The zero-order valence-corrected chi connectivity index (χ0v) is 39.9. The standard InChI is InChI=1S/C69H43NOS/c1-2-14-44(15-3-1)45-28-36-50(37-29-45)70(52-40-32-49(33-41-52)56-23-12-24-58-57-20-9-11-27-64(57)72-68(56)58)51-38-30-48(31-39-51)53-22-13-26-61-65(53)59-21-8-10-25-60(59)69(61)62-42-34-46-16-4-6-18-54(46)66(62)71-67-55-19-7-5-17-47(55)35-43-63(67)69/h1-43H. The van der Waals surface area contributed by atoms with Crippen molar-refractivity contribution in [3.63, 3.8) is 0 Å². The molecule has 0 saturated carbocycles. The van der Waals surface area contributed by atoms with Crippen molar-refractivity contribution < 1.29 is 4.74 Å². The van der Waals surface area contributed by atoms with Gasteiger partial charge in [-0.25, -0.2) is 0 Å². The second-order valence-corrected chi connectivity index (χ2v) is 20.1. The van der Waals surface area contributed by atoms with Crippen molar-refractivity contribution in [1.82, 2.24) is 0 Å². The number of fused-ring (bicyclic) bond motifs is 16. The summed E-state index contributed by atoms with van der Waals surface area (Å²) in [4.78, 5) is 2.38. The van der Waals surface area contributed by atoms with Crippen LogP contribution in [0.2, 0.25) is 0 Å². The van der Waals surface area contributed by atoms with Gasteiger partial charge in [0.15, 0.2) is 0 Å². The Balaban J connectivity index is 0.878. The molecule has 0 atom stereocenters. The van der Waals surface area contributed by atoms with Gasteiger partial charge in [-0.1, -0.05) is 218 Å². The van der Waals surface area contributed by atoms with Crippen molar-refractivity contribution in [1.29, 1.82) is 0 Å². The summed E-state index contributed by atoms with van der Waals surface area (Å²) in [6, 6.07) is 95.8. The third-order valence-corrected chi connectivity index (χ3v) is 16.6. The fourth-order valence-electron chi connectivity index (χ4n) is 12.1. The van der Waals surface area contributed by atoms with Crippen LogP contribution >= 0.6 is 11.3 Å². The van der Waals surface area contributed by atoms with Crippen molar-refractivity contribution in [2.75, 3.05) is 4.90 Å². The van der Waals surface area contributed by atoms with E-state index in [0.29, 0.717) is 0 Å². The number of anilines is 3. The minimum atomic E-state index is -0.615. The molecule has 336 valence electrons. The van der Waals surface area contributed by atoms with E-state index >= 15 is 0 Å². The number of ether oxygens (including phenoxy) is 1. The Kier molecular flexibility index (Phi) is 9.08. The fourth-order valence-corrected chi connectivity index (χ4v) is 13.4. The molecule has 0 amide bonds. The number of rotatable bonds is 6. The van der Waals surface area contributed by atoms with Gasteiger partial charge in [0.1, 0.15) is 11.5 Å². The van der Waals surface area contributed by atoms with Crippen molar-refractivity contribution in [2.45, 2.75) is 5.41 Å². The first kappa shape index (κ1) is 40.8. The lowest BCUT2D eigenvalue weighted by Crippen LogP contribution is -2.32. The predicted molar refractivity (Wildman–Crippen MR) is 303 cm³/mol. The number of thiophene rings is 1. The molecule has 15 rings (SSSR count). The van der Waals surface area contributed by atoms with Crippen LogP contribution in [0.5, 0.6) is 11.5 Å². The molecule has 12 aromatic carbocycles. The quantitative estimate of drug-likeness (QED) is 0.165. The maximum absolute atomic E-state index is 7.23. The van der Waals surface area contributed by atoms with Gasteiger partial charge in [0.05, 0.1) is 5.41 Å². The molecule has 2 nitrogen and oxygen atoms in total. The van der Waals surface area contributed by atoms with E-state index in [-0.39, 0.29) is 0 Å². The Hall–Kier alpha value is -9.02. The monoisotopic (exact) mass is 933 g/mol. The van der Waals surface area contributed by atoms with Gasteiger partial charge >= 0.3 is 0 Å². The third kappa shape index (κ3) is 6.01. The summed E-state index contributed by atoms with van der Waals surface area (Å²) < 4.78 is 9.86. The van der Waals surface area contributed by atoms with Gasteiger partial charge in [-0.05, 0) is 109 Å². The predicted octanol–water partition coefficient (Wildman–Crippen LogP) is 19.3. The average molecular weight is 934 g/mol. The number of hydrogen-bond donors (Lipinski definition) is 0. The minimum Gasteiger partial charge on any atom is -0.455 e. The van der Waals surface area contributed by atoms with Crippen molar-refractivity contribution in [3.8, 4) is 56.0 Å². The molecule has 0 unspecified atom stereocenters. The van der Waals surface area contributed by atoms with Gasteiger partial charge in [-0.15, -0.1) is 11.3 Å². The van der Waals surface area contributed by atoms with E-state index < -0.39 is 5.41 Å². The van der Waals surface area contributed by atoms with Crippen LogP contribution in [0.3, 0.4) is 0 Å². The topological polar surface area (TPSA) is 12.5 Å². The van der Waals surface area contributed by atoms with Gasteiger partial charge in [0.2, 0.25) is 0 Å². The molecule has 0 bridgehead atoms. The van der Waals surface area contributed by atoms with E-state index in [1.165, 1.54) is 81.4 Å². The molecule has 0 fully saturated rings. The summed E-state index contributed by atoms with van der Waals surface area (Å²) in [5, 5.41) is 7.19. The molecule has 1 aliphatic carbocycles. The second kappa shape index (κ2) is 16.0. The summed E-state index contributed by atoms with van der Waals surface area (Å²) in [5.41, 5.74) is 17.3. The zero-order valence-electron chi connectivity index (χ0n) is 39.1. The normalized spacial score (nSPS) is 12.9. The molecule has 3 heteroatoms. The molecule has 13 aromatic rings. The lowest BCUT2D eigenvalue weighted by atomic mass is 9.65. The van der Waals surface area contributed by atoms with Crippen molar-refractivity contribution in [2.24, 2.45) is 0 Å². The molecule has 0 saturated heterocycles. The second-order valence-electron chi connectivity index (χ2n) is 19.1. The lowest BCUT2D eigenvalue weighted by molar-refractivity contribution is 0.447. The summed E-state index contributed by atoms with van der Waals surface area (Å²) >= 11 is 1.87. The van der Waals surface area contributed by atoms with Crippen LogP contribution in [-0.4, -0.2) is 0 Å². The van der Waals surface area contributed by atoms with E-state index in [9.17, 15) is 0 Å². The smallest absolute Gasteiger partial charge is 0.140 e. The molecule has 2 aliphatic rings. The highest BCUT2D eigenvalue weighted by Gasteiger charge is 2.52. The van der Waals surface area contributed by atoms with Gasteiger partial charge in [-0.3, -0.25) is 0 Å². The molecule has 2 heterocycles. The van der Waals surface area contributed by atoms with Crippen molar-refractivity contribution in [3.05, 3.63) is 283 Å². The Labute approximate surface area is 421 Å². The van der Waals surface area contributed by atoms with E-state index in [1.54, 1.807) is 0 Å². The summed E-state index contributed by atoms with van der Waals surface area (Å²) in [7, 11) is 0. The number of hydrogen-bond acceptors (Lipinski definition) is 3. The largest absolute Gasteiger partial charge is 0.455 e. The van der Waals surface area contributed by atoms with E-state index in [0.717, 1.165) is 55.7 Å². The third-order valence-electron chi connectivity index (χ3n) is 15.4. The molecular weight excluding hydrogens is 891 g/mol. The summed E-state index contributed by atoms with van der Waals surface area (Å²) in [5.74, 6) is 1.85. The number of nitrogens with zero attached hydrogens (tertiary/aromatic N) is 1. The van der Waals surface area contributed by atoms with Gasteiger partial charge in [0, 0.05) is 59.1 Å². The first-order valence-electron chi connectivity index (χ1n) is 24.7. The molecule has 0 N–H and O–H groups in total. The summed E-state index contributed by atoms with van der Waals surface area (Å²) in [6.07, 6.45) is 0. The van der Waals surface area contributed by atoms with Crippen LogP contribution in [0, 0.1) is 0 Å². The highest BCUT2D eigenvalue weighted by Crippen LogP contribution is 2.65. The van der Waals surface area contributed by atoms with E-state index in [2.05, 4.69) is 266 Å². The fraction of sp³-hybridized carbons (Fsp3) is 0.0145. The highest BCUT2D eigenvalue weighted by atomic mass is 32.1. The van der Waals surface area contributed by atoms with Crippen LogP contribution in [0.15, 0.2) is 261 Å². The molecule has 1 aromatic heterocycles. The maximum Gasteiger partial charge on any atom is 0.140 e. The minimum absolute atomic E-state index is 0.615. The molecular formula is C69H43NOS. The SMILES string of the molecule is c1ccc(-c2ccc(N(c3ccc(-c4cccc5c4-c4ccccc4C54c5ccc6ccccc6c5Oc5c4ccc4ccccc54)cc3)c3ccc(-c4cccc5c4sc4ccccc45)cc3)cc2)cc1. The van der Waals surface area contributed by atoms with Crippen LogP contribution < -0.4 is 9.64 Å². The van der Waals surface area contributed by atoms with Gasteiger partial charge in [-0.2, -0.15) is 0 Å². The Bertz CT molecular complexity index is 4200. The lowest BCUT2D eigenvalue weighted by Gasteiger charge is -2.40. The van der Waals surface area contributed by atoms with Gasteiger partial charge < -0.3 is 9.64 Å². The van der Waals surface area contributed by atoms with Crippen LogP contribution in [0.1, 0.15) is 22.3 Å². The average Bonchev–Trinajstić information content (AvgIpc) is 3.98. The highest BCUT2D eigenvalue weighted by molar-refractivity contribution is 7.26.